The van der Waals surface area contributed by atoms with Gasteiger partial charge in [0.05, 0.1) is 19.8 Å². The summed E-state index contributed by atoms with van der Waals surface area (Å²) in [6, 6.07) is 15.5. The van der Waals surface area contributed by atoms with Gasteiger partial charge in [0.2, 0.25) is 6.33 Å². The molecule has 0 atom stereocenters. The van der Waals surface area contributed by atoms with Crippen LogP contribution in [0.1, 0.15) is 77.5 Å². The molecule has 4 rings (SSSR count). The van der Waals surface area contributed by atoms with E-state index in [0.29, 0.717) is 24.4 Å². The highest BCUT2D eigenvalue weighted by atomic mass is 79.9. The van der Waals surface area contributed by atoms with Gasteiger partial charge in [-0.3, -0.25) is 0 Å². The Morgan fingerprint density at radius 1 is 0.750 bits per heavy atom. The fourth-order valence-electron chi connectivity index (χ4n) is 5.00. The minimum atomic E-state index is 0. The predicted molar refractivity (Wildman–Crippen MR) is 164 cm³/mol. The van der Waals surface area contributed by atoms with Crippen molar-refractivity contribution in [3.63, 3.8) is 0 Å². The van der Waals surface area contributed by atoms with E-state index in [1.807, 2.05) is 0 Å². The lowest BCUT2D eigenvalue weighted by molar-refractivity contribution is -0.663. The Kier molecular flexibility index (Phi) is 11.5. The molecule has 0 unspecified atom stereocenters. The van der Waals surface area contributed by atoms with Crippen molar-refractivity contribution in [3.05, 3.63) is 65.5 Å². The maximum Gasteiger partial charge on any atom is 0.245 e. The minimum absolute atomic E-state index is 0. The molecule has 5 heteroatoms. The molecule has 3 aromatic carbocycles. The molecule has 4 nitrogen and oxygen atoms in total. The summed E-state index contributed by atoms with van der Waals surface area (Å²) < 4.78 is 17.9. The van der Waals surface area contributed by atoms with E-state index < -0.39 is 0 Å². The van der Waals surface area contributed by atoms with Crippen LogP contribution in [0.15, 0.2) is 48.8 Å². The number of nitrogens with zero attached hydrogens (tertiary/aromatic N) is 2. The maximum absolute atomic E-state index is 6.60. The van der Waals surface area contributed by atoms with E-state index in [4.69, 9.17) is 9.47 Å². The highest BCUT2D eigenvalue weighted by Crippen LogP contribution is 2.37. The molecule has 0 spiro atoms. The third-order valence-corrected chi connectivity index (χ3v) is 7.71. The van der Waals surface area contributed by atoms with E-state index in [9.17, 15) is 0 Å². The molecule has 0 amide bonds. The van der Waals surface area contributed by atoms with Gasteiger partial charge in [0.1, 0.15) is 18.0 Å². The topological polar surface area (TPSA) is 27.3 Å². The summed E-state index contributed by atoms with van der Waals surface area (Å²) in [6.45, 7) is 21.2. The Morgan fingerprint density at radius 3 is 2.00 bits per heavy atom. The zero-order valence-electron chi connectivity index (χ0n) is 25.9. The Bertz CT molecular complexity index is 1400. The van der Waals surface area contributed by atoms with Crippen LogP contribution in [0.4, 0.5) is 0 Å². The zero-order valence-corrected chi connectivity index (χ0v) is 27.5. The van der Waals surface area contributed by atoms with Crippen LogP contribution in [0.5, 0.6) is 11.5 Å². The van der Waals surface area contributed by atoms with Crippen molar-refractivity contribution >= 4 is 21.8 Å². The van der Waals surface area contributed by atoms with Crippen molar-refractivity contribution in [1.82, 2.24) is 4.57 Å². The van der Waals surface area contributed by atoms with Gasteiger partial charge in [-0.1, -0.05) is 65.8 Å². The van der Waals surface area contributed by atoms with E-state index in [2.05, 4.69) is 113 Å². The van der Waals surface area contributed by atoms with Crippen molar-refractivity contribution in [3.8, 4) is 11.5 Å². The average molecular weight is 610 g/mol. The van der Waals surface area contributed by atoms with Crippen LogP contribution in [0, 0.1) is 31.6 Å². The Balaban J connectivity index is 0.00000441. The molecule has 4 aromatic rings. The molecular weight excluding hydrogens is 560 g/mol. The van der Waals surface area contributed by atoms with E-state index >= 15 is 0 Å². The number of fused-ring (bicyclic) bond motifs is 2. The summed E-state index contributed by atoms with van der Waals surface area (Å²) in [7, 11) is 0. The Labute approximate surface area is 252 Å². The summed E-state index contributed by atoms with van der Waals surface area (Å²) >= 11 is 0. The number of imidazole rings is 1. The Morgan fingerprint density at radius 2 is 1.35 bits per heavy atom. The number of halogens is 1. The van der Waals surface area contributed by atoms with Gasteiger partial charge in [-0.05, 0) is 80.2 Å². The average Bonchev–Trinajstić information content (AvgIpc) is 3.20. The fraction of sp³-hybridized carbons (Fsp3) is 0.514. The van der Waals surface area contributed by atoms with Crippen LogP contribution in [0.2, 0.25) is 0 Å². The van der Waals surface area contributed by atoms with Gasteiger partial charge >= 0.3 is 0 Å². The Hall–Kier alpha value is -2.53. The normalized spacial score (nSPS) is 11.7. The molecule has 0 aliphatic heterocycles. The number of hydrogen-bond acceptors (Lipinski definition) is 2. The molecule has 0 saturated carbocycles. The van der Waals surface area contributed by atoms with Crippen molar-refractivity contribution in [2.75, 3.05) is 13.2 Å². The van der Waals surface area contributed by atoms with E-state index in [1.165, 1.54) is 27.7 Å². The fourth-order valence-corrected chi connectivity index (χ4v) is 5.00. The lowest BCUT2D eigenvalue weighted by atomic mass is 10.0. The van der Waals surface area contributed by atoms with Gasteiger partial charge in [0.15, 0.2) is 11.0 Å². The van der Waals surface area contributed by atoms with Crippen molar-refractivity contribution < 1.29 is 31.0 Å². The first kappa shape index (κ1) is 32.0. The second kappa shape index (κ2) is 14.4. The third-order valence-electron chi connectivity index (χ3n) is 7.71. The predicted octanol–water partition coefficient (Wildman–Crippen LogP) is 5.65. The lowest BCUT2D eigenvalue weighted by Gasteiger charge is -2.18. The molecule has 218 valence electrons. The molecule has 0 N–H and O–H groups in total. The lowest BCUT2D eigenvalue weighted by Crippen LogP contribution is -3.00. The standard InChI is InChI=1S/C35H49N2O2.BrH/c1-24(2)13-16-36-23-37(33-20-28(8)27(7)19-32(33)36)22-29-21-34(38-17-14-25(3)4)30-11-9-10-12-31(30)35(29)39-18-15-26(5)6;/h9-12,19-21,23-26H,13-18,22H2,1-8H3;1H/q+1;/p-1. The molecule has 40 heavy (non-hydrogen) atoms. The first-order chi connectivity index (χ1) is 18.6. The number of aryl methyl sites for hydroxylation is 3. The summed E-state index contributed by atoms with van der Waals surface area (Å²) in [5.74, 6) is 3.80. The van der Waals surface area contributed by atoms with E-state index in [0.717, 1.165) is 61.2 Å². The van der Waals surface area contributed by atoms with Gasteiger partial charge in [-0.15, -0.1) is 0 Å². The number of hydrogen-bond donors (Lipinski definition) is 0. The second-order valence-electron chi connectivity index (χ2n) is 12.5. The first-order valence-corrected chi connectivity index (χ1v) is 14.9. The zero-order chi connectivity index (χ0) is 28.1. The van der Waals surface area contributed by atoms with E-state index in [1.54, 1.807) is 0 Å². The molecular formula is C35H49BrN2O2. The van der Waals surface area contributed by atoms with Crippen LogP contribution in [0.3, 0.4) is 0 Å². The summed E-state index contributed by atoms with van der Waals surface area (Å²) in [5.41, 5.74) is 6.40. The quantitative estimate of drug-likeness (QED) is 0.183. The molecule has 1 aromatic heterocycles. The van der Waals surface area contributed by atoms with Gasteiger partial charge in [-0.25, -0.2) is 9.13 Å². The molecule has 0 fully saturated rings. The summed E-state index contributed by atoms with van der Waals surface area (Å²) in [4.78, 5) is 0. The molecule has 0 saturated heterocycles. The van der Waals surface area contributed by atoms with Crippen LogP contribution in [-0.2, 0) is 13.1 Å². The molecule has 0 aliphatic rings. The molecule has 0 aliphatic carbocycles. The monoisotopic (exact) mass is 608 g/mol. The smallest absolute Gasteiger partial charge is 0.245 e. The summed E-state index contributed by atoms with van der Waals surface area (Å²) in [5, 5.41) is 2.26. The highest BCUT2D eigenvalue weighted by molar-refractivity contribution is 5.94. The van der Waals surface area contributed by atoms with Crippen LogP contribution in [-0.4, -0.2) is 17.8 Å². The number of aromatic nitrogens is 2. The first-order valence-electron chi connectivity index (χ1n) is 14.9. The largest absolute Gasteiger partial charge is 1.00 e. The van der Waals surface area contributed by atoms with Crippen LogP contribution >= 0.6 is 0 Å². The van der Waals surface area contributed by atoms with Gasteiger partial charge < -0.3 is 26.5 Å². The van der Waals surface area contributed by atoms with E-state index in [-0.39, 0.29) is 17.0 Å². The van der Waals surface area contributed by atoms with Crippen molar-refractivity contribution in [2.24, 2.45) is 17.8 Å². The third kappa shape index (κ3) is 7.81. The van der Waals surface area contributed by atoms with Gasteiger partial charge in [-0.2, -0.15) is 0 Å². The van der Waals surface area contributed by atoms with Crippen LogP contribution in [0.25, 0.3) is 21.8 Å². The second-order valence-corrected chi connectivity index (χ2v) is 12.5. The van der Waals surface area contributed by atoms with Crippen molar-refractivity contribution in [1.29, 1.82) is 0 Å². The number of ether oxygens (including phenoxy) is 2. The molecule has 0 bridgehead atoms. The summed E-state index contributed by atoms with van der Waals surface area (Å²) in [6.07, 6.45) is 5.52. The van der Waals surface area contributed by atoms with Crippen LogP contribution < -0.4 is 31.0 Å². The maximum atomic E-state index is 6.60. The van der Waals surface area contributed by atoms with Gasteiger partial charge in [0, 0.05) is 16.3 Å². The molecule has 0 radical (unpaired) electrons. The molecule has 1 heterocycles. The number of rotatable bonds is 13. The van der Waals surface area contributed by atoms with Crippen molar-refractivity contribution in [2.45, 2.75) is 87.7 Å². The van der Waals surface area contributed by atoms with Gasteiger partial charge in [0.25, 0.3) is 0 Å². The minimum Gasteiger partial charge on any atom is -1.00 e. The number of benzene rings is 3. The SMILES string of the molecule is Cc1cc2c(cc1C)[n+](Cc1cc(OCCC(C)C)c3ccccc3c1OCCC(C)C)cn2CCC(C)C.[Br-]. The highest BCUT2D eigenvalue weighted by Gasteiger charge is 2.22.